The van der Waals surface area contributed by atoms with Gasteiger partial charge in [0.15, 0.2) is 0 Å². The molecule has 0 spiro atoms. The zero-order valence-corrected chi connectivity index (χ0v) is 11.9. The van der Waals surface area contributed by atoms with E-state index in [2.05, 4.69) is 39.2 Å². The monoisotopic (exact) mass is 253 g/mol. The Balaban J connectivity index is 0. The summed E-state index contributed by atoms with van der Waals surface area (Å²) < 4.78 is 0. The molecule has 0 heterocycles. The highest BCUT2D eigenvalue weighted by molar-refractivity contribution is 7.46. The van der Waals surface area contributed by atoms with Crippen LogP contribution in [0.15, 0.2) is 24.8 Å². The van der Waals surface area contributed by atoms with Crippen LogP contribution >= 0.6 is 8.58 Å². The van der Waals surface area contributed by atoms with E-state index in [0.717, 1.165) is 15.0 Å². The van der Waals surface area contributed by atoms with Gasteiger partial charge in [0.25, 0.3) is 0 Å². The van der Waals surface area contributed by atoms with Crippen LogP contribution in [-0.2, 0) is 13.0 Å². The molecule has 0 radical (unpaired) electrons. The molecule has 0 saturated carbocycles. The van der Waals surface area contributed by atoms with Crippen molar-refractivity contribution in [1.29, 1.82) is 0 Å². The molecule has 0 aliphatic heterocycles. The molecular formula is C15H28NP. The van der Waals surface area contributed by atoms with Crippen LogP contribution in [0.5, 0.6) is 0 Å². The van der Waals surface area contributed by atoms with Crippen molar-refractivity contribution in [1.82, 2.24) is 0 Å². The molecule has 2 N–H and O–H groups in total. The molecule has 98 valence electrons. The van der Waals surface area contributed by atoms with Crippen LogP contribution in [0, 0.1) is 6.92 Å². The highest BCUT2D eigenvalue weighted by Crippen LogP contribution is 2.15. The van der Waals surface area contributed by atoms with E-state index < -0.39 is 0 Å². The molecule has 0 aromatic heterocycles. The standard InChI is InChI=1S/C11H18NP.C3H6.CH4/c1-4-9-5-8(2)11(13-3)6-10(9)7-12;1-3-2;/h5-6,13H,4,7,12H2,1-3H3;3H,1H2,2H3;1H4. The lowest BCUT2D eigenvalue weighted by Gasteiger charge is -2.10. The van der Waals surface area contributed by atoms with Crippen molar-refractivity contribution in [2.75, 3.05) is 6.66 Å². The second-order valence-electron chi connectivity index (χ2n) is 3.65. The molecule has 1 aromatic rings. The fourth-order valence-corrected chi connectivity index (χ4v) is 2.39. The number of nitrogens with two attached hydrogens (primary N) is 1. The van der Waals surface area contributed by atoms with Gasteiger partial charge in [-0.05, 0) is 55.0 Å². The minimum Gasteiger partial charge on any atom is -0.326 e. The van der Waals surface area contributed by atoms with Crippen molar-refractivity contribution in [3.05, 3.63) is 41.5 Å². The molecule has 0 aliphatic carbocycles. The highest BCUT2D eigenvalue weighted by atomic mass is 31.1. The first-order chi connectivity index (χ1) is 7.64. The normalized spacial score (nSPS) is 9.47. The molecule has 0 amide bonds. The number of rotatable bonds is 3. The molecule has 1 atom stereocenters. The lowest BCUT2D eigenvalue weighted by atomic mass is 10.0. The summed E-state index contributed by atoms with van der Waals surface area (Å²) in [6.07, 6.45) is 2.83. The third-order valence-electron chi connectivity index (χ3n) is 2.42. The van der Waals surface area contributed by atoms with E-state index in [1.54, 1.807) is 6.08 Å². The number of hydrogen-bond acceptors (Lipinski definition) is 1. The van der Waals surface area contributed by atoms with Crippen LogP contribution < -0.4 is 11.0 Å². The maximum atomic E-state index is 5.70. The van der Waals surface area contributed by atoms with Crippen LogP contribution in [0.3, 0.4) is 0 Å². The molecule has 1 nitrogen and oxygen atoms in total. The molecule has 2 heteroatoms. The largest absolute Gasteiger partial charge is 0.326 e. The minimum atomic E-state index is 0. The van der Waals surface area contributed by atoms with Gasteiger partial charge >= 0.3 is 0 Å². The van der Waals surface area contributed by atoms with Crippen LogP contribution in [0.4, 0.5) is 0 Å². The fraction of sp³-hybridized carbons (Fsp3) is 0.467. The first-order valence-electron chi connectivity index (χ1n) is 5.71. The number of benzene rings is 1. The predicted molar refractivity (Wildman–Crippen MR) is 84.9 cm³/mol. The SMILES string of the molecule is C.C=CC.CCc1cc(C)c(PC)cc1CN. The average molecular weight is 253 g/mol. The lowest BCUT2D eigenvalue weighted by molar-refractivity contribution is 1.00. The van der Waals surface area contributed by atoms with Crippen molar-refractivity contribution < 1.29 is 0 Å². The van der Waals surface area contributed by atoms with Crippen molar-refractivity contribution in [3.8, 4) is 0 Å². The van der Waals surface area contributed by atoms with Gasteiger partial charge in [-0.1, -0.05) is 35.1 Å². The molecule has 1 aromatic carbocycles. The molecule has 1 rings (SSSR count). The Hall–Kier alpha value is -0.650. The Morgan fingerprint density at radius 3 is 2.24 bits per heavy atom. The van der Waals surface area contributed by atoms with Crippen molar-refractivity contribution >= 4 is 13.9 Å². The molecule has 17 heavy (non-hydrogen) atoms. The van der Waals surface area contributed by atoms with Crippen molar-refractivity contribution in [3.63, 3.8) is 0 Å². The van der Waals surface area contributed by atoms with E-state index >= 15 is 0 Å². The smallest absolute Gasteiger partial charge is 0.0181 e. The van der Waals surface area contributed by atoms with Gasteiger partial charge in [-0.3, -0.25) is 0 Å². The van der Waals surface area contributed by atoms with Gasteiger partial charge in [-0.15, -0.1) is 6.58 Å². The topological polar surface area (TPSA) is 26.0 Å². The predicted octanol–water partition coefficient (Wildman–Crippen LogP) is 3.78. The number of aryl methyl sites for hydroxylation is 2. The summed E-state index contributed by atoms with van der Waals surface area (Å²) in [5.41, 5.74) is 9.84. The van der Waals surface area contributed by atoms with Crippen LogP contribution in [0.25, 0.3) is 0 Å². The summed E-state index contributed by atoms with van der Waals surface area (Å²) in [6.45, 7) is 12.5. The number of hydrogen-bond donors (Lipinski definition) is 1. The quantitative estimate of drug-likeness (QED) is 0.644. The minimum absolute atomic E-state index is 0. The Bertz CT molecular complexity index is 332. The Morgan fingerprint density at radius 2 is 1.88 bits per heavy atom. The van der Waals surface area contributed by atoms with E-state index in [4.69, 9.17) is 5.73 Å². The van der Waals surface area contributed by atoms with Gasteiger partial charge in [0.1, 0.15) is 0 Å². The van der Waals surface area contributed by atoms with Crippen molar-refractivity contribution in [2.24, 2.45) is 5.73 Å². The molecule has 0 aliphatic rings. The van der Waals surface area contributed by atoms with Gasteiger partial charge in [-0.25, -0.2) is 0 Å². The third-order valence-corrected chi connectivity index (χ3v) is 3.49. The van der Waals surface area contributed by atoms with E-state index in [-0.39, 0.29) is 7.43 Å². The van der Waals surface area contributed by atoms with E-state index in [9.17, 15) is 0 Å². The van der Waals surface area contributed by atoms with Gasteiger partial charge < -0.3 is 5.73 Å². The van der Waals surface area contributed by atoms with Gasteiger partial charge in [0.2, 0.25) is 0 Å². The molecule has 0 bridgehead atoms. The second-order valence-corrected chi connectivity index (χ2v) is 4.69. The van der Waals surface area contributed by atoms with Crippen LogP contribution in [-0.4, -0.2) is 6.66 Å². The Kier molecular flexibility index (Phi) is 11.6. The maximum absolute atomic E-state index is 5.70. The summed E-state index contributed by atoms with van der Waals surface area (Å²) >= 11 is 0. The average Bonchev–Trinajstić information content (AvgIpc) is 2.29. The maximum Gasteiger partial charge on any atom is 0.0181 e. The summed E-state index contributed by atoms with van der Waals surface area (Å²) in [6, 6.07) is 4.56. The van der Waals surface area contributed by atoms with E-state index in [0.29, 0.717) is 6.54 Å². The molecular weight excluding hydrogens is 225 g/mol. The summed E-state index contributed by atoms with van der Waals surface area (Å²) in [4.78, 5) is 0. The lowest BCUT2D eigenvalue weighted by Crippen LogP contribution is -2.08. The second kappa shape index (κ2) is 10.5. The Labute approximate surface area is 109 Å². The summed E-state index contributed by atoms with van der Waals surface area (Å²) in [7, 11) is 0.871. The zero-order chi connectivity index (χ0) is 12.6. The van der Waals surface area contributed by atoms with Crippen molar-refractivity contribution in [2.45, 2.75) is 41.2 Å². The molecule has 0 fully saturated rings. The molecule has 1 unspecified atom stereocenters. The third kappa shape index (κ3) is 6.00. The summed E-state index contributed by atoms with van der Waals surface area (Å²) in [5.74, 6) is 0. The van der Waals surface area contributed by atoms with Crippen LogP contribution in [0.2, 0.25) is 0 Å². The van der Waals surface area contributed by atoms with Crippen LogP contribution in [0.1, 0.15) is 38.0 Å². The number of allylic oxidation sites excluding steroid dienone is 1. The van der Waals surface area contributed by atoms with Gasteiger partial charge in [0, 0.05) is 6.54 Å². The van der Waals surface area contributed by atoms with Gasteiger partial charge in [-0.2, -0.15) is 0 Å². The highest BCUT2D eigenvalue weighted by Gasteiger charge is 2.03. The zero-order valence-electron chi connectivity index (χ0n) is 10.9. The first-order valence-corrected chi connectivity index (χ1v) is 7.21. The summed E-state index contributed by atoms with van der Waals surface area (Å²) in [5, 5.41) is 1.46. The Morgan fingerprint density at radius 1 is 1.35 bits per heavy atom. The fourth-order valence-electron chi connectivity index (χ4n) is 1.60. The van der Waals surface area contributed by atoms with Gasteiger partial charge in [0.05, 0.1) is 0 Å². The van der Waals surface area contributed by atoms with E-state index in [1.165, 1.54) is 22.0 Å². The first kappa shape index (κ1) is 18.7. The van der Waals surface area contributed by atoms with E-state index in [1.807, 2.05) is 6.92 Å². The molecule has 0 saturated heterocycles.